The van der Waals surface area contributed by atoms with Gasteiger partial charge in [0.15, 0.2) is 0 Å². The standard InChI is InChI=1S/C20H17N7O4S/c1-14-22-19(12-20(23-14)26-11-10-21-13-26)24-15-2-4-16(5-3-15)25-32(30,31)18-8-6-17(7-9-18)27(28)29/h2-13,25H,1H3,(H,22,23,24). The van der Waals surface area contributed by atoms with Crippen LogP contribution in [0.2, 0.25) is 0 Å². The van der Waals surface area contributed by atoms with E-state index < -0.39 is 14.9 Å². The summed E-state index contributed by atoms with van der Waals surface area (Å²) in [6.45, 7) is 1.78. The Bertz CT molecular complexity index is 1350. The number of nitro groups is 1. The number of hydrogen-bond donors (Lipinski definition) is 2. The lowest BCUT2D eigenvalue weighted by Gasteiger charge is -2.11. The number of sulfonamides is 1. The van der Waals surface area contributed by atoms with E-state index in [2.05, 4.69) is 25.0 Å². The van der Waals surface area contributed by atoms with Crippen LogP contribution in [0.5, 0.6) is 0 Å². The Morgan fingerprint density at radius 3 is 2.31 bits per heavy atom. The van der Waals surface area contributed by atoms with Gasteiger partial charge in [0.1, 0.15) is 23.8 Å². The van der Waals surface area contributed by atoms with Crippen LogP contribution in [0, 0.1) is 17.0 Å². The van der Waals surface area contributed by atoms with Crippen LogP contribution in [0.15, 0.2) is 78.2 Å². The van der Waals surface area contributed by atoms with E-state index in [1.807, 2.05) is 0 Å². The molecule has 0 atom stereocenters. The smallest absolute Gasteiger partial charge is 0.269 e. The topological polar surface area (TPSA) is 145 Å². The second-order valence-corrected chi connectivity index (χ2v) is 8.37. The lowest BCUT2D eigenvalue weighted by molar-refractivity contribution is -0.384. The summed E-state index contributed by atoms with van der Waals surface area (Å²) in [5.74, 6) is 1.80. The molecule has 0 fully saturated rings. The molecule has 2 heterocycles. The zero-order valence-corrected chi connectivity index (χ0v) is 17.5. The summed E-state index contributed by atoms with van der Waals surface area (Å²) < 4.78 is 29.3. The van der Waals surface area contributed by atoms with E-state index in [1.165, 1.54) is 12.1 Å². The number of anilines is 3. The summed E-state index contributed by atoms with van der Waals surface area (Å²) >= 11 is 0. The molecule has 0 aliphatic rings. The molecule has 0 radical (unpaired) electrons. The Hall–Kier alpha value is -4.32. The lowest BCUT2D eigenvalue weighted by Crippen LogP contribution is -2.12. The third-order valence-corrected chi connectivity index (χ3v) is 5.76. The molecule has 2 N–H and O–H groups in total. The third-order valence-electron chi connectivity index (χ3n) is 4.36. The van der Waals surface area contributed by atoms with Gasteiger partial charge in [0, 0.05) is 42.0 Å². The van der Waals surface area contributed by atoms with Gasteiger partial charge in [-0.2, -0.15) is 0 Å². The monoisotopic (exact) mass is 451 g/mol. The SMILES string of the molecule is Cc1nc(Nc2ccc(NS(=O)(=O)c3ccc([N+](=O)[O-])cc3)cc2)cc(-n2ccnc2)n1. The second-order valence-electron chi connectivity index (χ2n) is 6.69. The molecule has 32 heavy (non-hydrogen) atoms. The van der Waals surface area contributed by atoms with Gasteiger partial charge in [-0.3, -0.25) is 19.4 Å². The van der Waals surface area contributed by atoms with E-state index >= 15 is 0 Å². The maximum absolute atomic E-state index is 12.5. The van der Waals surface area contributed by atoms with Gasteiger partial charge in [-0.25, -0.2) is 23.4 Å². The summed E-state index contributed by atoms with van der Waals surface area (Å²) in [5.41, 5.74) is 0.848. The Labute approximate surface area is 183 Å². The Morgan fingerprint density at radius 1 is 1.00 bits per heavy atom. The fourth-order valence-electron chi connectivity index (χ4n) is 2.87. The summed E-state index contributed by atoms with van der Waals surface area (Å²) in [6.07, 6.45) is 5.07. The maximum atomic E-state index is 12.5. The Balaban J connectivity index is 1.48. The number of benzene rings is 2. The predicted octanol–water partition coefficient (Wildman–Crippen LogP) is 3.42. The maximum Gasteiger partial charge on any atom is 0.269 e. The number of aromatic nitrogens is 4. The van der Waals surface area contributed by atoms with Gasteiger partial charge in [0.2, 0.25) is 0 Å². The number of nitrogens with one attached hydrogen (secondary N) is 2. The van der Waals surface area contributed by atoms with Crippen LogP contribution in [0.1, 0.15) is 5.82 Å². The van der Waals surface area contributed by atoms with Crippen molar-refractivity contribution in [1.29, 1.82) is 0 Å². The van der Waals surface area contributed by atoms with E-state index in [1.54, 1.807) is 60.5 Å². The molecular formula is C20H17N7O4S. The quantitative estimate of drug-likeness (QED) is 0.321. The zero-order chi connectivity index (χ0) is 22.7. The normalized spacial score (nSPS) is 11.2. The number of aryl methyl sites for hydroxylation is 1. The summed E-state index contributed by atoms with van der Waals surface area (Å²) in [4.78, 5) is 22.8. The van der Waals surface area contributed by atoms with Crippen molar-refractivity contribution in [2.45, 2.75) is 11.8 Å². The molecule has 0 spiro atoms. The van der Waals surface area contributed by atoms with Crippen molar-refractivity contribution in [3.8, 4) is 5.82 Å². The predicted molar refractivity (Wildman–Crippen MR) is 118 cm³/mol. The first-order valence-corrected chi connectivity index (χ1v) is 10.8. The zero-order valence-electron chi connectivity index (χ0n) is 16.7. The molecular weight excluding hydrogens is 434 g/mol. The molecule has 0 aliphatic heterocycles. The Morgan fingerprint density at radius 2 is 1.69 bits per heavy atom. The molecule has 0 unspecified atom stereocenters. The van der Waals surface area contributed by atoms with Crippen LogP contribution in [0.3, 0.4) is 0 Å². The first kappa shape index (κ1) is 20.9. The fourth-order valence-corrected chi connectivity index (χ4v) is 3.93. The molecule has 0 saturated carbocycles. The minimum Gasteiger partial charge on any atom is -0.340 e. The molecule has 12 heteroatoms. The van der Waals surface area contributed by atoms with Crippen molar-refractivity contribution in [3.05, 3.63) is 89.3 Å². The van der Waals surface area contributed by atoms with Gasteiger partial charge in [-0.1, -0.05) is 0 Å². The van der Waals surface area contributed by atoms with Gasteiger partial charge in [0.25, 0.3) is 15.7 Å². The number of nitro benzene ring substituents is 1. The number of rotatable bonds is 7. The summed E-state index contributed by atoms with van der Waals surface area (Å²) in [6, 6.07) is 13.0. The molecule has 0 amide bonds. The van der Waals surface area contributed by atoms with Crippen LogP contribution in [-0.2, 0) is 10.0 Å². The third kappa shape index (κ3) is 4.70. The number of non-ortho nitro benzene ring substituents is 1. The van der Waals surface area contributed by atoms with Gasteiger partial charge >= 0.3 is 0 Å². The van der Waals surface area contributed by atoms with Crippen molar-refractivity contribution in [2.75, 3.05) is 10.0 Å². The summed E-state index contributed by atoms with van der Waals surface area (Å²) in [5, 5.41) is 13.9. The van der Waals surface area contributed by atoms with Crippen molar-refractivity contribution < 1.29 is 13.3 Å². The molecule has 0 bridgehead atoms. The minimum absolute atomic E-state index is 0.0752. The fraction of sp³-hybridized carbons (Fsp3) is 0.0500. The first-order chi connectivity index (χ1) is 15.3. The van der Waals surface area contributed by atoms with Gasteiger partial charge < -0.3 is 5.32 Å². The molecule has 4 rings (SSSR count). The average Bonchev–Trinajstić information content (AvgIpc) is 3.30. The van der Waals surface area contributed by atoms with E-state index in [9.17, 15) is 18.5 Å². The number of nitrogens with zero attached hydrogens (tertiary/aromatic N) is 5. The average molecular weight is 451 g/mol. The molecule has 0 aliphatic carbocycles. The van der Waals surface area contributed by atoms with Gasteiger partial charge in [0.05, 0.1) is 9.82 Å². The van der Waals surface area contributed by atoms with Crippen LogP contribution >= 0.6 is 0 Å². The molecule has 2 aromatic carbocycles. The van der Waals surface area contributed by atoms with Crippen molar-refractivity contribution in [1.82, 2.24) is 19.5 Å². The highest BCUT2D eigenvalue weighted by Crippen LogP contribution is 2.22. The first-order valence-electron chi connectivity index (χ1n) is 9.28. The van der Waals surface area contributed by atoms with Crippen LogP contribution in [0.4, 0.5) is 22.9 Å². The van der Waals surface area contributed by atoms with Gasteiger partial charge in [-0.15, -0.1) is 0 Å². The molecule has 4 aromatic rings. The molecule has 2 aromatic heterocycles. The van der Waals surface area contributed by atoms with E-state index in [-0.39, 0.29) is 10.6 Å². The highest BCUT2D eigenvalue weighted by molar-refractivity contribution is 7.92. The highest BCUT2D eigenvalue weighted by atomic mass is 32.2. The second kappa shape index (κ2) is 8.43. The van der Waals surface area contributed by atoms with Crippen LogP contribution in [-0.4, -0.2) is 32.9 Å². The van der Waals surface area contributed by atoms with Crippen LogP contribution < -0.4 is 10.0 Å². The van der Waals surface area contributed by atoms with Crippen molar-refractivity contribution >= 4 is 32.9 Å². The van der Waals surface area contributed by atoms with E-state index in [0.717, 1.165) is 12.1 Å². The summed E-state index contributed by atoms with van der Waals surface area (Å²) in [7, 11) is -3.89. The van der Waals surface area contributed by atoms with E-state index in [0.29, 0.717) is 28.8 Å². The minimum atomic E-state index is -3.89. The van der Waals surface area contributed by atoms with Crippen molar-refractivity contribution in [2.24, 2.45) is 0 Å². The number of imidazole rings is 1. The lowest BCUT2D eigenvalue weighted by atomic mass is 10.3. The molecule has 162 valence electrons. The highest BCUT2D eigenvalue weighted by Gasteiger charge is 2.16. The Kier molecular flexibility index (Phi) is 5.52. The number of hydrogen-bond acceptors (Lipinski definition) is 8. The van der Waals surface area contributed by atoms with E-state index in [4.69, 9.17) is 0 Å². The van der Waals surface area contributed by atoms with Crippen molar-refractivity contribution in [3.63, 3.8) is 0 Å². The molecule has 0 saturated heterocycles. The largest absolute Gasteiger partial charge is 0.340 e. The van der Waals surface area contributed by atoms with Crippen LogP contribution in [0.25, 0.3) is 5.82 Å². The molecule has 11 nitrogen and oxygen atoms in total. The van der Waals surface area contributed by atoms with Gasteiger partial charge in [-0.05, 0) is 43.3 Å².